The van der Waals surface area contributed by atoms with Gasteiger partial charge in [-0.05, 0) is 13.0 Å². The van der Waals surface area contributed by atoms with Crippen LogP contribution < -0.4 is 10.1 Å². The second kappa shape index (κ2) is 7.06. The molecule has 0 unspecified atom stereocenters. The normalized spacial score (nSPS) is 10.4. The van der Waals surface area contributed by atoms with Crippen LogP contribution in [0.25, 0.3) is 0 Å². The number of aromatic hydroxyl groups is 1. The standard InChI is InChI=1S/C12H20N2O2/c1-3-4-6-13-7-5-10-8-12(16-2)11(15)9-14-10/h8-9,13,15H,3-7H2,1-2H3. The van der Waals surface area contributed by atoms with Crippen molar-refractivity contribution in [3.63, 3.8) is 0 Å². The largest absolute Gasteiger partial charge is 0.503 e. The minimum absolute atomic E-state index is 0.0881. The molecule has 0 saturated heterocycles. The summed E-state index contributed by atoms with van der Waals surface area (Å²) in [4.78, 5) is 4.13. The Balaban J connectivity index is 2.36. The van der Waals surface area contributed by atoms with E-state index in [1.165, 1.54) is 19.0 Å². The Hall–Kier alpha value is -1.29. The zero-order valence-corrected chi connectivity index (χ0v) is 9.99. The quantitative estimate of drug-likeness (QED) is 0.692. The lowest BCUT2D eigenvalue weighted by Crippen LogP contribution is -2.18. The van der Waals surface area contributed by atoms with E-state index in [2.05, 4.69) is 17.2 Å². The fourth-order valence-electron chi connectivity index (χ4n) is 1.41. The van der Waals surface area contributed by atoms with Crippen LogP contribution in [-0.2, 0) is 6.42 Å². The molecule has 2 N–H and O–H groups in total. The fraction of sp³-hybridized carbons (Fsp3) is 0.583. The molecule has 1 aromatic rings. The van der Waals surface area contributed by atoms with E-state index in [9.17, 15) is 5.11 Å². The Bertz CT molecular complexity index is 316. The van der Waals surface area contributed by atoms with Crippen molar-refractivity contribution < 1.29 is 9.84 Å². The molecule has 0 spiro atoms. The van der Waals surface area contributed by atoms with Gasteiger partial charge in [0.2, 0.25) is 0 Å². The summed E-state index contributed by atoms with van der Waals surface area (Å²) in [5.74, 6) is 0.573. The van der Waals surface area contributed by atoms with Crippen molar-refractivity contribution in [2.24, 2.45) is 0 Å². The monoisotopic (exact) mass is 224 g/mol. The van der Waals surface area contributed by atoms with Gasteiger partial charge in [0.1, 0.15) is 0 Å². The van der Waals surface area contributed by atoms with E-state index < -0.39 is 0 Å². The van der Waals surface area contributed by atoms with E-state index in [1.807, 2.05) is 0 Å². The summed E-state index contributed by atoms with van der Waals surface area (Å²) in [5, 5.41) is 12.7. The van der Waals surface area contributed by atoms with Crippen LogP contribution in [0.1, 0.15) is 25.5 Å². The second-order valence-corrected chi connectivity index (χ2v) is 3.70. The third kappa shape index (κ3) is 4.06. The SMILES string of the molecule is CCCCNCCc1cc(OC)c(O)cn1. The molecular weight excluding hydrogens is 204 g/mol. The Labute approximate surface area is 96.7 Å². The van der Waals surface area contributed by atoms with E-state index in [-0.39, 0.29) is 5.75 Å². The number of ether oxygens (including phenoxy) is 1. The predicted molar refractivity (Wildman–Crippen MR) is 63.9 cm³/mol. The summed E-state index contributed by atoms with van der Waals surface area (Å²) in [6, 6.07) is 1.77. The van der Waals surface area contributed by atoms with Crippen molar-refractivity contribution >= 4 is 0 Å². The van der Waals surface area contributed by atoms with E-state index in [4.69, 9.17) is 4.74 Å². The number of methoxy groups -OCH3 is 1. The van der Waals surface area contributed by atoms with Gasteiger partial charge < -0.3 is 15.2 Å². The van der Waals surface area contributed by atoms with Gasteiger partial charge in [-0.25, -0.2) is 0 Å². The zero-order valence-electron chi connectivity index (χ0n) is 9.99. The lowest BCUT2D eigenvalue weighted by Gasteiger charge is -2.06. The van der Waals surface area contributed by atoms with Gasteiger partial charge in [0.25, 0.3) is 0 Å². The highest BCUT2D eigenvalue weighted by atomic mass is 16.5. The molecule has 0 aliphatic carbocycles. The summed E-state index contributed by atoms with van der Waals surface area (Å²) in [6.07, 6.45) is 4.69. The molecule has 4 nitrogen and oxygen atoms in total. The smallest absolute Gasteiger partial charge is 0.176 e. The molecule has 0 radical (unpaired) electrons. The number of nitrogens with zero attached hydrogens (tertiary/aromatic N) is 1. The van der Waals surface area contributed by atoms with E-state index in [0.29, 0.717) is 5.75 Å². The molecule has 1 rings (SSSR count). The van der Waals surface area contributed by atoms with Crippen molar-refractivity contribution in [1.29, 1.82) is 0 Å². The first-order valence-corrected chi connectivity index (χ1v) is 5.70. The molecule has 0 aliphatic heterocycles. The molecule has 0 bridgehead atoms. The molecule has 0 aliphatic rings. The molecule has 1 aromatic heterocycles. The van der Waals surface area contributed by atoms with Gasteiger partial charge in [-0.3, -0.25) is 4.98 Å². The molecule has 90 valence electrons. The molecule has 4 heteroatoms. The van der Waals surface area contributed by atoms with Gasteiger partial charge in [0.05, 0.1) is 13.3 Å². The fourth-order valence-corrected chi connectivity index (χ4v) is 1.41. The molecule has 1 heterocycles. The van der Waals surface area contributed by atoms with Crippen molar-refractivity contribution in [2.45, 2.75) is 26.2 Å². The average molecular weight is 224 g/mol. The van der Waals surface area contributed by atoms with Gasteiger partial charge in [-0.15, -0.1) is 0 Å². The number of nitrogens with one attached hydrogen (secondary N) is 1. The van der Waals surface area contributed by atoms with Crippen molar-refractivity contribution in [3.8, 4) is 11.5 Å². The average Bonchev–Trinajstić information content (AvgIpc) is 2.31. The highest BCUT2D eigenvalue weighted by Crippen LogP contribution is 2.24. The van der Waals surface area contributed by atoms with Crippen LogP contribution in [0.2, 0.25) is 0 Å². The lowest BCUT2D eigenvalue weighted by atomic mass is 10.2. The molecule has 0 atom stereocenters. The topological polar surface area (TPSA) is 54.4 Å². The van der Waals surface area contributed by atoms with Crippen LogP contribution in [0.3, 0.4) is 0 Å². The maximum atomic E-state index is 9.37. The first-order valence-electron chi connectivity index (χ1n) is 5.70. The van der Waals surface area contributed by atoms with Gasteiger partial charge in [-0.1, -0.05) is 13.3 Å². The van der Waals surface area contributed by atoms with Gasteiger partial charge in [0.15, 0.2) is 11.5 Å². The minimum Gasteiger partial charge on any atom is -0.503 e. The van der Waals surface area contributed by atoms with Crippen LogP contribution in [-0.4, -0.2) is 30.3 Å². The first-order chi connectivity index (χ1) is 7.77. The third-order valence-corrected chi connectivity index (χ3v) is 2.39. The van der Waals surface area contributed by atoms with Gasteiger partial charge >= 0.3 is 0 Å². The van der Waals surface area contributed by atoms with Crippen LogP contribution in [0.5, 0.6) is 11.5 Å². The molecule has 16 heavy (non-hydrogen) atoms. The third-order valence-electron chi connectivity index (χ3n) is 2.39. The maximum Gasteiger partial charge on any atom is 0.176 e. The molecule has 0 amide bonds. The molecule has 0 fully saturated rings. The van der Waals surface area contributed by atoms with Crippen molar-refractivity contribution in [2.75, 3.05) is 20.2 Å². The summed E-state index contributed by atoms with van der Waals surface area (Å²) in [6.45, 7) is 4.13. The van der Waals surface area contributed by atoms with Crippen molar-refractivity contribution in [3.05, 3.63) is 18.0 Å². The maximum absolute atomic E-state index is 9.37. The number of rotatable bonds is 7. The van der Waals surface area contributed by atoms with Gasteiger partial charge in [0, 0.05) is 24.7 Å². The summed E-state index contributed by atoms with van der Waals surface area (Å²) < 4.78 is 5.02. The van der Waals surface area contributed by atoms with Gasteiger partial charge in [-0.2, -0.15) is 0 Å². The first kappa shape index (κ1) is 12.8. The number of pyridine rings is 1. The Morgan fingerprint density at radius 3 is 2.94 bits per heavy atom. The summed E-state index contributed by atoms with van der Waals surface area (Å²) in [5.41, 5.74) is 0.929. The highest BCUT2D eigenvalue weighted by molar-refractivity contribution is 5.37. The van der Waals surface area contributed by atoms with Crippen LogP contribution >= 0.6 is 0 Å². The Kier molecular flexibility index (Phi) is 5.64. The minimum atomic E-state index is 0.0881. The summed E-state index contributed by atoms with van der Waals surface area (Å²) >= 11 is 0. The molecule has 0 aromatic carbocycles. The van der Waals surface area contributed by atoms with E-state index in [0.717, 1.165) is 25.2 Å². The Morgan fingerprint density at radius 1 is 1.44 bits per heavy atom. The highest BCUT2D eigenvalue weighted by Gasteiger charge is 2.03. The van der Waals surface area contributed by atoms with Crippen LogP contribution in [0.4, 0.5) is 0 Å². The van der Waals surface area contributed by atoms with E-state index >= 15 is 0 Å². The lowest BCUT2D eigenvalue weighted by molar-refractivity contribution is 0.371. The predicted octanol–water partition coefficient (Wildman–Crippen LogP) is 1.73. The molecule has 0 saturated carbocycles. The number of aromatic nitrogens is 1. The number of hydrogen-bond donors (Lipinski definition) is 2. The zero-order chi connectivity index (χ0) is 11.8. The molecular formula is C12H20N2O2. The summed E-state index contributed by atoms with van der Waals surface area (Å²) in [7, 11) is 1.54. The second-order valence-electron chi connectivity index (χ2n) is 3.70. The number of unbranched alkanes of at least 4 members (excludes halogenated alkanes) is 1. The Morgan fingerprint density at radius 2 is 2.25 bits per heavy atom. The number of hydrogen-bond acceptors (Lipinski definition) is 4. The van der Waals surface area contributed by atoms with Crippen LogP contribution in [0, 0.1) is 0 Å². The van der Waals surface area contributed by atoms with E-state index in [1.54, 1.807) is 13.2 Å². The van der Waals surface area contributed by atoms with Crippen LogP contribution in [0.15, 0.2) is 12.3 Å². The van der Waals surface area contributed by atoms with Crippen molar-refractivity contribution in [1.82, 2.24) is 10.3 Å².